The Kier molecular flexibility index (Phi) is 4.12. The Morgan fingerprint density at radius 2 is 2.16 bits per heavy atom. The summed E-state index contributed by atoms with van der Waals surface area (Å²) in [5, 5.41) is 3.09. The van der Waals surface area contributed by atoms with Crippen LogP contribution in [0, 0.1) is 5.82 Å². The van der Waals surface area contributed by atoms with Crippen LogP contribution in [0.5, 0.6) is 5.88 Å². The van der Waals surface area contributed by atoms with Crippen molar-refractivity contribution in [2.75, 3.05) is 24.7 Å². The van der Waals surface area contributed by atoms with Crippen molar-refractivity contribution in [2.24, 2.45) is 0 Å². The first kappa shape index (κ1) is 13.1. The van der Waals surface area contributed by atoms with E-state index in [1.54, 1.807) is 12.1 Å². The van der Waals surface area contributed by atoms with E-state index >= 15 is 0 Å². The fourth-order valence-corrected chi connectivity index (χ4v) is 1.67. The molecule has 0 aliphatic rings. The summed E-state index contributed by atoms with van der Waals surface area (Å²) in [6, 6.07) is 8.15. The quantitative estimate of drug-likeness (QED) is 0.860. The molecule has 0 unspecified atom stereocenters. The van der Waals surface area contributed by atoms with Crippen LogP contribution in [0.2, 0.25) is 0 Å². The molecule has 0 radical (unpaired) electrons. The van der Waals surface area contributed by atoms with E-state index in [0.717, 1.165) is 5.56 Å². The topological polar surface area (TPSA) is 73.1 Å². The smallest absolute Gasteiger partial charge is 0.225 e. The number of hydrogen-bond donors (Lipinski definition) is 2. The van der Waals surface area contributed by atoms with Crippen LogP contribution in [0.15, 0.2) is 30.3 Å². The molecule has 2 aromatic rings. The zero-order valence-electron chi connectivity index (χ0n) is 10.6. The SMILES string of the molecule is COc1cc(NCCc2cccc(F)c2)nc(N)n1. The number of nitrogens with one attached hydrogen (secondary N) is 1. The van der Waals surface area contributed by atoms with Crippen molar-refractivity contribution >= 4 is 11.8 Å². The molecule has 0 saturated carbocycles. The van der Waals surface area contributed by atoms with Crippen molar-refractivity contribution in [3.8, 4) is 5.88 Å². The predicted molar refractivity (Wildman–Crippen MR) is 71.6 cm³/mol. The molecule has 0 amide bonds. The molecule has 0 spiro atoms. The van der Waals surface area contributed by atoms with Gasteiger partial charge in [0.25, 0.3) is 0 Å². The molecule has 1 heterocycles. The molecular weight excluding hydrogens is 247 g/mol. The van der Waals surface area contributed by atoms with Crippen molar-refractivity contribution in [2.45, 2.75) is 6.42 Å². The second kappa shape index (κ2) is 5.99. The zero-order valence-corrected chi connectivity index (χ0v) is 10.6. The van der Waals surface area contributed by atoms with Gasteiger partial charge in [0, 0.05) is 12.6 Å². The van der Waals surface area contributed by atoms with Crippen molar-refractivity contribution in [3.63, 3.8) is 0 Å². The van der Waals surface area contributed by atoms with Crippen LogP contribution >= 0.6 is 0 Å². The number of hydrogen-bond acceptors (Lipinski definition) is 5. The third-order valence-corrected chi connectivity index (χ3v) is 2.54. The van der Waals surface area contributed by atoms with E-state index in [1.807, 2.05) is 6.07 Å². The van der Waals surface area contributed by atoms with E-state index in [1.165, 1.54) is 19.2 Å². The summed E-state index contributed by atoms with van der Waals surface area (Å²) in [4.78, 5) is 7.92. The number of aromatic nitrogens is 2. The van der Waals surface area contributed by atoms with Gasteiger partial charge in [0.2, 0.25) is 11.8 Å². The Morgan fingerprint density at radius 3 is 2.89 bits per heavy atom. The summed E-state index contributed by atoms with van der Waals surface area (Å²) >= 11 is 0. The van der Waals surface area contributed by atoms with E-state index in [9.17, 15) is 4.39 Å². The fourth-order valence-electron chi connectivity index (χ4n) is 1.67. The second-order valence-electron chi connectivity index (χ2n) is 3.96. The summed E-state index contributed by atoms with van der Waals surface area (Å²) in [6.07, 6.45) is 0.685. The van der Waals surface area contributed by atoms with Crippen molar-refractivity contribution in [1.82, 2.24) is 9.97 Å². The summed E-state index contributed by atoms with van der Waals surface area (Å²) in [6.45, 7) is 0.614. The minimum Gasteiger partial charge on any atom is -0.481 e. The van der Waals surface area contributed by atoms with Gasteiger partial charge < -0.3 is 15.8 Å². The van der Waals surface area contributed by atoms with E-state index in [0.29, 0.717) is 24.7 Å². The maximum Gasteiger partial charge on any atom is 0.225 e. The number of ether oxygens (including phenoxy) is 1. The molecule has 5 nitrogen and oxygen atoms in total. The number of anilines is 2. The van der Waals surface area contributed by atoms with Gasteiger partial charge in [-0.1, -0.05) is 12.1 Å². The van der Waals surface area contributed by atoms with Crippen molar-refractivity contribution in [3.05, 3.63) is 41.7 Å². The van der Waals surface area contributed by atoms with Gasteiger partial charge in [-0.3, -0.25) is 0 Å². The Hall–Kier alpha value is -2.37. The first-order valence-corrected chi connectivity index (χ1v) is 5.84. The molecule has 1 aromatic heterocycles. The molecular formula is C13H15FN4O. The highest BCUT2D eigenvalue weighted by Gasteiger charge is 2.02. The molecule has 3 N–H and O–H groups in total. The van der Waals surface area contributed by atoms with Gasteiger partial charge in [-0.25, -0.2) is 4.39 Å². The van der Waals surface area contributed by atoms with Gasteiger partial charge >= 0.3 is 0 Å². The minimum absolute atomic E-state index is 0.146. The maximum atomic E-state index is 13.0. The van der Waals surface area contributed by atoms with Gasteiger partial charge in [-0.15, -0.1) is 0 Å². The van der Waals surface area contributed by atoms with Gasteiger partial charge in [-0.2, -0.15) is 9.97 Å². The molecule has 0 fully saturated rings. The molecule has 0 aliphatic heterocycles. The first-order chi connectivity index (χ1) is 9.17. The molecule has 19 heavy (non-hydrogen) atoms. The standard InChI is InChI=1S/C13H15FN4O/c1-19-12-8-11(17-13(15)18-12)16-6-5-9-3-2-4-10(14)7-9/h2-4,7-8H,5-6H2,1H3,(H3,15,16,17,18). The lowest BCUT2D eigenvalue weighted by molar-refractivity contribution is 0.398. The first-order valence-electron chi connectivity index (χ1n) is 5.84. The third kappa shape index (κ3) is 3.80. The van der Waals surface area contributed by atoms with Gasteiger partial charge in [0.15, 0.2) is 0 Å². The molecule has 0 atom stereocenters. The Labute approximate surface area is 110 Å². The van der Waals surface area contributed by atoms with Crippen LogP contribution in [0.4, 0.5) is 16.2 Å². The normalized spacial score (nSPS) is 10.2. The van der Waals surface area contributed by atoms with Gasteiger partial charge in [-0.05, 0) is 24.1 Å². The second-order valence-corrected chi connectivity index (χ2v) is 3.96. The molecule has 0 bridgehead atoms. The molecule has 2 rings (SSSR count). The van der Waals surface area contributed by atoms with E-state index in [2.05, 4.69) is 15.3 Å². The molecule has 0 aliphatic carbocycles. The van der Waals surface area contributed by atoms with Crippen LogP contribution < -0.4 is 15.8 Å². The molecule has 1 aromatic carbocycles. The van der Waals surface area contributed by atoms with Crippen molar-refractivity contribution in [1.29, 1.82) is 0 Å². The fraction of sp³-hybridized carbons (Fsp3) is 0.231. The largest absolute Gasteiger partial charge is 0.481 e. The van der Waals surface area contributed by atoms with Gasteiger partial charge in [0.05, 0.1) is 7.11 Å². The lowest BCUT2D eigenvalue weighted by Crippen LogP contribution is -2.08. The van der Waals surface area contributed by atoms with Crippen LogP contribution in [0.1, 0.15) is 5.56 Å². The Balaban J connectivity index is 1.94. The maximum absolute atomic E-state index is 13.0. The van der Waals surface area contributed by atoms with Gasteiger partial charge in [0.1, 0.15) is 11.6 Å². The van der Waals surface area contributed by atoms with Crippen LogP contribution in [0.3, 0.4) is 0 Å². The summed E-state index contributed by atoms with van der Waals surface area (Å²) in [5.41, 5.74) is 6.46. The van der Waals surface area contributed by atoms with E-state index in [-0.39, 0.29) is 11.8 Å². The van der Waals surface area contributed by atoms with Crippen LogP contribution in [-0.2, 0) is 6.42 Å². The number of methoxy groups -OCH3 is 1. The third-order valence-electron chi connectivity index (χ3n) is 2.54. The summed E-state index contributed by atoms with van der Waals surface area (Å²) in [7, 11) is 1.51. The van der Waals surface area contributed by atoms with Crippen LogP contribution in [0.25, 0.3) is 0 Å². The average molecular weight is 262 g/mol. The highest BCUT2D eigenvalue weighted by molar-refractivity contribution is 5.42. The molecule has 0 saturated heterocycles. The zero-order chi connectivity index (χ0) is 13.7. The number of rotatable bonds is 5. The van der Waals surface area contributed by atoms with Crippen LogP contribution in [-0.4, -0.2) is 23.6 Å². The van der Waals surface area contributed by atoms with E-state index in [4.69, 9.17) is 10.5 Å². The number of halogens is 1. The molecule has 6 heteroatoms. The highest BCUT2D eigenvalue weighted by atomic mass is 19.1. The number of nitrogen functional groups attached to an aromatic ring is 1. The van der Waals surface area contributed by atoms with E-state index < -0.39 is 0 Å². The lowest BCUT2D eigenvalue weighted by Gasteiger charge is -2.07. The summed E-state index contributed by atoms with van der Waals surface area (Å²) in [5.74, 6) is 0.902. The number of benzene rings is 1. The lowest BCUT2D eigenvalue weighted by atomic mass is 10.1. The Morgan fingerprint density at radius 1 is 1.32 bits per heavy atom. The number of nitrogens with zero attached hydrogens (tertiary/aromatic N) is 2. The monoisotopic (exact) mass is 262 g/mol. The van der Waals surface area contributed by atoms with Crippen molar-refractivity contribution < 1.29 is 9.13 Å². The molecule has 100 valence electrons. The number of nitrogens with two attached hydrogens (primary N) is 1. The minimum atomic E-state index is -0.231. The highest BCUT2D eigenvalue weighted by Crippen LogP contribution is 2.14. The predicted octanol–water partition coefficient (Wildman–Crippen LogP) is 1.86. The summed E-state index contributed by atoms with van der Waals surface area (Å²) < 4.78 is 18.0. The average Bonchev–Trinajstić information content (AvgIpc) is 2.38. The Bertz CT molecular complexity index is 562.